The third kappa shape index (κ3) is 7.48. The number of carbonyl (C=O) groups is 1. The number of nitrogens with one attached hydrogen (secondary N) is 1. The molecule has 2 amide bonds. The largest absolute Gasteiger partial charge is 0.573 e. The van der Waals surface area contributed by atoms with Crippen LogP contribution in [0.5, 0.6) is 5.75 Å². The Morgan fingerprint density at radius 1 is 1.04 bits per heavy atom. The van der Waals surface area contributed by atoms with Crippen molar-refractivity contribution in [2.75, 3.05) is 6.54 Å². The number of nitrogens with zero attached hydrogens (tertiary/aromatic N) is 5. The molecule has 0 fully saturated rings. The lowest BCUT2D eigenvalue weighted by Gasteiger charge is -2.17. The summed E-state index contributed by atoms with van der Waals surface area (Å²) in [6.45, 7) is 7.99. The van der Waals surface area contributed by atoms with Crippen LogP contribution in [0.2, 0.25) is 0 Å². The molecule has 8 nitrogen and oxygen atoms in total. The fourth-order valence-corrected chi connectivity index (χ4v) is 5.82. The number of carbonyl (C=O) groups excluding carboxylic acids is 1. The van der Waals surface area contributed by atoms with Crippen molar-refractivity contribution in [2.45, 2.75) is 46.1 Å². The van der Waals surface area contributed by atoms with Crippen molar-refractivity contribution in [1.29, 1.82) is 0 Å². The molecule has 5 aromatic rings. The van der Waals surface area contributed by atoms with Gasteiger partial charge >= 0.3 is 12.4 Å². The molecule has 3 aromatic carbocycles. The maximum Gasteiger partial charge on any atom is 0.573 e. The Balaban J connectivity index is 1.23. The first-order valence-corrected chi connectivity index (χ1v) is 14.9. The Kier molecular flexibility index (Phi) is 9.19. The van der Waals surface area contributed by atoms with Gasteiger partial charge in [0.05, 0.1) is 17.9 Å². The van der Waals surface area contributed by atoms with Crippen LogP contribution in [0.25, 0.3) is 22.8 Å². The normalized spacial score (nSPS) is 12.9. The van der Waals surface area contributed by atoms with E-state index in [2.05, 4.69) is 52.0 Å². The third-order valence-electron chi connectivity index (χ3n) is 6.99. The highest BCUT2D eigenvalue weighted by Crippen LogP contribution is 2.28. The van der Waals surface area contributed by atoms with E-state index in [4.69, 9.17) is 0 Å². The fourth-order valence-electron chi connectivity index (χ4n) is 4.96. The van der Waals surface area contributed by atoms with E-state index in [-0.39, 0.29) is 18.2 Å². The number of hydrogen-bond donors (Lipinski definition) is 1. The Hall–Kier alpha value is -4.78. The third-order valence-corrected chi connectivity index (χ3v) is 7.93. The number of thiazole rings is 1. The smallest absolute Gasteiger partial charge is 0.406 e. The summed E-state index contributed by atoms with van der Waals surface area (Å²) >= 11 is 1.34. The van der Waals surface area contributed by atoms with Gasteiger partial charge in [0.2, 0.25) is 0 Å². The fraction of sp³-hybridized carbons (Fsp3) is 0.250. The van der Waals surface area contributed by atoms with Gasteiger partial charge in [-0.3, -0.25) is 4.57 Å². The van der Waals surface area contributed by atoms with E-state index in [1.165, 1.54) is 52.2 Å². The minimum atomic E-state index is -4.78. The van der Waals surface area contributed by atoms with Crippen molar-refractivity contribution in [3.8, 4) is 28.5 Å². The number of hydrogen-bond acceptors (Lipinski definition) is 5. The number of rotatable bonds is 8. The van der Waals surface area contributed by atoms with E-state index < -0.39 is 18.6 Å². The maximum atomic E-state index is 15.1. The average molecular weight is 639 g/mol. The second kappa shape index (κ2) is 13.1. The van der Waals surface area contributed by atoms with Crippen LogP contribution in [0.4, 0.5) is 22.4 Å². The Labute approximate surface area is 260 Å². The molecule has 2 aromatic heterocycles. The van der Waals surface area contributed by atoms with E-state index in [0.717, 1.165) is 16.9 Å². The van der Waals surface area contributed by atoms with E-state index in [1.807, 2.05) is 29.0 Å². The summed E-state index contributed by atoms with van der Waals surface area (Å²) < 4.78 is 59.5. The number of ether oxygens (including phenoxy) is 1. The molecule has 1 atom stereocenters. The van der Waals surface area contributed by atoms with Gasteiger partial charge in [0, 0.05) is 16.6 Å². The van der Waals surface area contributed by atoms with Gasteiger partial charge in [0.1, 0.15) is 18.2 Å². The van der Waals surface area contributed by atoms with Crippen LogP contribution < -0.4 is 14.9 Å². The molecule has 45 heavy (non-hydrogen) atoms. The lowest BCUT2D eigenvalue weighted by molar-refractivity contribution is -0.274. The second-order valence-corrected chi connectivity index (χ2v) is 11.4. The molecule has 0 aliphatic rings. The van der Waals surface area contributed by atoms with Gasteiger partial charge in [-0.15, -0.1) is 29.6 Å². The molecule has 5 rings (SSSR count). The number of halogens is 4. The van der Waals surface area contributed by atoms with Crippen LogP contribution in [-0.2, 0) is 0 Å². The summed E-state index contributed by atoms with van der Waals surface area (Å²) in [6, 6.07) is 17.1. The minimum Gasteiger partial charge on any atom is -0.406 e. The number of urea groups is 1. The summed E-state index contributed by atoms with van der Waals surface area (Å²) in [4.78, 5) is 21.7. The van der Waals surface area contributed by atoms with Gasteiger partial charge in [0.25, 0.3) is 0 Å². The van der Waals surface area contributed by atoms with Crippen molar-refractivity contribution < 1.29 is 27.1 Å². The van der Waals surface area contributed by atoms with Gasteiger partial charge in [-0.05, 0) is 66.8 Å². The van der Waals surface area contributed by atoms with E-state index in [0.29, 0.717) is 27.4 Å². The lowest BCUT2D eigenvalue weighted by Crippen LogP contribution is -2.27. The Morgan fingerprint density at radius 2 is 1.76 bits per heavy atom. The number of aromatic nitrogens is 4. The molecule has 0 aliphatic carbocycles. The molecule has 234 valence electrons. The summed E-state index contributed by atoms with van der Waals surface area (Å²) in [5.41, 5.74) is 5.66. The summed E-state index contributed by atoms with van der Waals surface area (Å²) in [5.74, 6) is 0.261. The molecule has 0 bridgehead atoms. The summed E-state index contributed by atoms with van der Waals surface area (Å²) in [6.07, 6.45) is -4.84. The van der Waals surface area contributed by atoms with Crippen LogP contribution in [0.3, 0.4) is 0 Å². The second-order valence-electron chi connectivity index (χ2n) is 10.6. The molecule has 13 heteroatoms. The minimum absolute atomic E-state index is 0.266. The Bertz CT molecular complexity index is 1860. The van der Waals surface area contributed by atoms with Crippen molar-refractivity contribution in [3.05, 3.63) is 106 Å². The van der Waals surface area contributed by atoms with E-state index >= 15 is 4.39 Å². The van der Waals surface area contributed by atoms with E-state index in [1.54, 1.807) is 24.3 Å². The quantitative estimate of drug-likeness (QED) is 0.176. The molecule has 0 saturated carbocycles. The van der Waals surface area contributed by atoms with Gasteiger partial charge in [0.15, 0.2) is 10.6 Å². The van der Waals surface area contributed by atoms with Crippen LogP contribution in [-0.4, -0.2) is 38.3 Å². The van der Waals surface area contributed by atoms with Crippen LogP contribution in [0.1, 0.15) is 48.3 Å². The monoisotopic (exact) mass is 638 g/mol. The molecule has 0 aliphatic heterocycles. The average Bonchev–Trinajstić information content (AvgIpc) is 3.62. The first kappa shape index (κ1) is 31.6. The zero-order valence-electron chi connectivity index (χ0n) is 24.8. The number of benzene rings is 3. The van der Waals surface area contributed by atoms with Gasteiger partial charge in [-0.25, -0.2) is 18.9 Å². The molecule has 0 spiro atoms. The number of alkyl halides is 4. The van der Waals surface area contributed by atoms with Crippen molar-refractivity contribution >= 4 is 17.4 Å². The standard InChI is InChI=1S/C32H30F4N6O2S/c1-19(2)28-20(3)6-5-7-27(28)42-21(4)17-45-31(42)39-30(43)37-16-26(33)22-8-10-23(11-9-22)29-38-18-41(40-29)24-12-14-25(15-13-24)44-32(34,35)36/h5-15,17-19,26H,16H2,1-4H3,(H,37,43)/b39-31-. The summed E-state index contributed by atoms with van der Waals surface area (Å²) in [5, 5.41) is 8.85. The predicted molar refractivity (Wildman–Crippen MR) is 163 cm³/mol. The van der Waals surface area contributed by atoms with Gasteiger partial charge in [-0.1, -0.05) is 50.2 Å². The molecule has 1 N–H and O–H groups in total. The number of amides is 2. The van der Waals surface area contributed by atoms with Gasteiger partial charge in [-0.2, -0.15) is 4.99 Å². The Morgan fingerprint density at radius 3 is 2.42 bits per heavy atom. The molecule has 0 radical (unpaired) electrons. The van der Waals surface area contributed by atoms with Crippen molar-refractivity contribution in [2.24, 2.45) is 4.99 Å². The first-order valence-electron chi connectivity index (χ1n) is 14.0. The highest BCUT2D eigenvalue weighted by atomic mass is 32.1. The maximum absolute atomic E-state index is 15.1. The van der Waals surface area contributed by atoms with Crippen LogP contribution in [0, 0.1) is 13.8 Å². The van der Waals surface area contributed by atoms with Crippen molar-refractivity contribution in [1.82, 2.24) is 24.6 Å². The highest BCUT2D eigenvalue weighted by Gasteiger charge is 2.31. The van der Waals surface area contributed by atoms with Crippen LogP contribution >= 0.6 is 11.3 Å². The lowest BCUT2D eigenvalue weighted by atomic mass is 9.96. The predicted octanol–water partition coefficient (Wildman–Crippen LogP) is 7.75. The number of aryl methyl sites for hydroxylation is 2. The van der Waals surface area contributed by atoms with Gasteiger partial charge < -0.3 is 10.1 Å². The molecule has 2 heterocycles. The SMILES string of the molecule is Cc1cccc(-n2c(C)cs/c2=N\C(=O)NCC(F)c2ccc(-c3ncn(-c4ccc(OC(F)(F)F)cc4)n3)cc2)c1C(C)C. The zero-order valence-corrected chi connectivity index (χ0v) is 25.7. The highest BCUT2D eigenvalue weighted by molar-refractivity contribution is 7.07. The summed E-state index contributed by atoms with van der Waals surface area (Å²) in [7, 11) is 0. The molecular formula is C32H30F4N6O2S. The molecule has 0 saturated heterocycles. The zero-order chi connectivity index (χ0) is 32.3. The first-order chi connectivity index (χ1) is 21.4. The molecular weight excluding hydrogens is 608 g/mol. The topological polar surface area (TPSA) is 86.3 Å². The van der Waals surface area contributed by atoms with E-state index in [9.17, 15) is 18.0 Å². The molecule has 1 unspecified atom stereocenters. The van der Waals surface area contributed by atoms with Crippen LogP contribution in [0.15, 0.2) is 83.4 Å². The van der Waals surface area contributed by atoms with Crippen molar-refractivity contribution in [3.63, 3.8) is 0 Å².